The Kier molecular flexibility index (Phi) is 6.03. The fraction of sp³-hybridized carbons (Fsp3) is 0.450. The molecule has 1 aromatic heterocycles. The Labute approximate surface area is 178 Å². The molecule has 1 unspecified atom stereocenters. The summed E-state index contributed by atoms with van der Waals surface area (Å²) in [5.74, 6) is 0.130. The number of alkyl halides is 2. The van der Waals surface area contributed by atoms with Gasteiger partial charge in [-0.1, -0.05) is 29.0 Å². The van der Waals surface area contributed by atoms with E-state index in [4.69, 9.17) is 23.2 Å². The number of aryl methyl sites for hydroxylation is 4. The van der Waals surface area contributed by atoms with Crippen LogP contribution in [0.5, 0.6) is 0 Å². The van der Waals surface area contributed by atoms with Crippen molar-refractivity contribution in [2.75, 3.05) is 22.4 Å². The molecule has 1 saturated carbocycles. The number of amides is 2. The predicted molar refractivity (Wildman–Crippen MR) is 116 cm³/mol. The van der Waals surface area contributed by atoms with E-state index in [1.54, 1.807) is 6.92 Å². The monoisotopic (exact) mass is 439 g/mol. The molecular formula is C20H23Cl2N3O2S. The highest BCUT2D eigenvalue weighted by Gasteiger charge is 2.57. The number of hydrogen-bond acceptors (Lipinski definition) is 4. The van der Waals surface area contributed by atoms with Gasteiger partial charge in [-0.05, 0) is 45.2 Å². The largest absolute Gasteiger partial charge is 0.321 e. The molecule has 3 rings (SSSR count). The summed E-state index contributed by atoms with van der Waals surface area (Å²) in [7, 11) is 0. The fourth-order valence-corrected chi connectivity index (χ4v) is 5.19. The molecule has 1 aliphatic carbocycles. The number of anilines is 2. The minimum Gasteiger partial charge on any atom is -0.321 e. The van der Waals surface area contributed by atoms with Crippen molar-refractivity contribution in [2.45, 2.75) is 34.1 Å². The van der Waals surface area contributed by atoms with Gasteiger partial charge in [0.2, 0.25) is 5.91 Å². The maximum atomic E-state index is 12.8. The number of rotatable bonds is 6. The normalized spacial score (nSPS) is 17.3. The number of nitrogens with zero attached hydrogens (tertiary/aromatic N) is 1. The average Bonchev–Trinajstić information content (AvgIpc) is 3.27. The standard InChI is InChI=1S/C20H23Cl2N3O2S/c1-10-5-11(2)15(12(3)6-10)24-18(27)16-13(4)23-19(28-16)25-17(26)14-7-20(14,8-21)9-22/h5-6,14H,7-9H2,1-4H3,(H,24,27)(H,23,25,26). The first-order valence-electron chi connectivity index (χ1n) is 9.00. The van der Waals surface area contributed by atoms with E-state index in [1.807, 2.05) is 32.9 Å². The summed E-state index contributed by atoms with van der Waals surface area (Å²) in [4.78, 5) is 30.0. The highest BCUT2D eigenvalue weighted by molar-refractivity contribution is 7.17. The molecule has 2 aromatic rings. The molecular weight excluding hydrogens is 417 g/mol. The van der Waals surface area contributed by atoms with Crippen molar-refractivity contribution in [1.82, 2.24) is 4.98 Å². The van der Waals surface area contributed by atoms with Gasteiger partial charge in [-0.2, -0.15) is 0 Å². The van der Waals surface area contributed by atoms with Crippen LogP contribution in [0.25, 0.3) is 0 Å². The highest BCUT2D eigenvalue weighted by atomic mass is 35.5. The van der Waals surface area contributed by atoms with E-state index in [0.29, 0.717) is 33.9 Å². The first-order chi connectivity index (χ1) is 13.2. The lowest BCUT2D eigenvalue weighted by Crippen LogP contribution is -2.20. The van der Waals surface area contributed by atoms with Gasteiger partial charge in [-0.25, -0.2) is 4.98 Å². The Morgan fingerprint density at radius 3 is 2.29 bits per heavy atom. The molecule has 0 spiro atoms. The van der Waals surface area contributed by atoms with Crippen LogP contribution in [-0.2, 0) is 4.79 Å². The van der Waals surface area contributed by atoms with Gasteiger partial charge in [0.1, 0.15) is 4.88 Å². The van der Waals surface area contributed by atoms with Crippen LogP contribution in [0.1, 0.15) is 38.5 Å². The SMILES string of the molecule is Cc1cc(C)c(NC(=O)c2sc(NC(=O)C3CC3(CCl)CCl)nc2C)c(C)c1. The van der Waals surface area contributed by atoms with Gasteiger partial charge < -0.3 is 10.6 Å². The number of halogens is 2. The summed E-state index contributed by atoms with van der Waals surface area (Å²) in [5, 5.41) is 6.20. The number of carbonyl (C=O) groups is 2. The molecule has 0 saturated heterocycles. The number of hydrogen-bond donors (Lipinski definition) is 2. The molecule has 5 nitrogen and oxygen atoms in total. The molecule has 28 heavy (non-hydrogen) atoms. The van der Waals surface area contributed by atoms with Crippen molar-refractivity contribution in [3.63, 3.8) is 0 Å². The molecule has 0 bridgehead atoms. The van der Waals surface area contributed by atoms with Crippen molar-refractivity contribution in [2.24, 2.45) is 11.3 Å². The fourth-order valence-electron chi connectivity index (χ4n) is 3.45. The van der Waals surface area contributed by atoms with Crippen molar-refractivity contribution in [3.8, 4) is 0 Å². The van der Waals surface area contributed by atoms with Crippen LogP contribution in [0.15, 0.2) is 12.1 Å². The van der Waals surface area contributed by atoms with Crippen LogP contribution in [0.4, 0.5) is 10.8 Å². The molecule has 2 amide bonds. The van der Waals surface area contributed by atoms with E-state index in [-0.39, 0.29) is 23.1 Å². The van der Waals surface area contributed by atoms with Crippen LogP contribution in [0, 0.1) is 39.0 Å². The van der Waals surface area contributed by atoms with E-state index in [1.165, 1.54) is 11.3 Å². The van der Waals surface area contributed by atoms with Crippen LogP contribution < -0.4 is 10.6 Å². The maximum absolute atomic E-state index is 12.8. The zero-order valence-corrected chi connectivity index (χ0v) is 18.6. The van der Waals surface area contributed by atoms with E-state index in [0.717, 1.165) is 22.4 Å². The summed E-state index contributed by atoms with van der Waals surface area (Å²) in [6.45, 7) is 7.72. The first-order valence-corrected chi connectivity index (χ1v) is 10.9. The Bertz CT molecular complexity index is 915. The van der Waals surface area contributed by atoms with Gasteiger partial charge in [0.05, 0.1) is 5.69 Å². The molecule has 0 radical (unpaired) electrons. The number of benzene rings is 1. The van der Waals surface area contributed by atoms with E-state index in [2.05, 4.69) is 15.6 Å². The second-order valence-corrected chi connectivity index (χ2v) is 9.07. The smallest absolute Gasteiger partial charge is 0.267 e. The molecule has 8 heteroatoms. The molecule has 1 aliphatic rings. The summed E-state index contributed by atoms with van der Waals surface area (Å²) >= 11 is 13.1. The Morgan fingerprint density at radius 2 is 1.75 bits per heavy atom. The van der Waals surface area contributed by atoms with Gasteiger partial charge in [0, 0.05) is 28.8 Å². The van der Waals surface area contributed by atoms with Crippen molar-refractivity contribution in [3.05, 3.63) is 39.4 Å². The molecule has 1 heterocycles. The van der Waals surface area contributed by atoms with E-state index in [9.17, 15) is 9.59 Å². The Hall–Kier alpha value is -1.63. The van der Waals surface area contributed by atoms with E-state index < -0.39 is 0 Å². The van der Waals surface area contributed by atoms with E-state index >= 15 is 0 Å². The molecule has 150 valence electrons. The van der Waals surface area contributed by atoms with Crippen LogP contribution >= 0.6 is 34.5 Å². The lowest BCUT2D eigenvalue weighted by Gasteiger charge is -2.12. The predicted octanol–water partition coefficient (Wildman–Crippen LogP) is 5.05. The number of aromatic nitrogens is 1. The zero-order chi connectivity index (χ0) is 20.6. The molecule has 2 N–H and O–H groups in total. The molecule has 1 fully saturated rings. The maximum Gasteiger partial charge on any atom is 0.267 e. The summed E-state index contributed by atoms with van der Waals surface area (Å²) in [5.41, 5.74) is 4.23. The van der Waals surface area contributed by atoms with Gasteiger partial charge in [-0.3, -0.25) is 9.59 Å². The lowest BCUT2D eigenvalue weighted by molar-refractivity contribution is -0.117. The molecule has 0 aliphatic heterocycles. The lowest BCUT2D eigenvalue weighted by atomic mass is 10.1. The Balaban J connectivity index is 1.72. The van der Waals surface area contributed by atoms with Crippen molar-refractivity contribution in [1.29, 1.82) is 0 Å². The summed E-state index contributed by atoms with van der Waals surface area (Å²) < 4.78 is 0. The second-order valence-electron chi connectivity index (χ2n) is 7.54. The third-order valence-corrected chi connectivity index (χ3v) is 7.32. The first kappa shape index (κ1) is 21.1. The minimum absolute atomic E-state index is 0.146. The van der Waals surface area contributed by atoms with Gasteiger partial charge in [0.15, 0.2) is 5.13 Å². The molecule has 1 aromatic carbocycles. The number of thiazole rings is 1. The molecule has 1 atom stereocenters. The van der Waals surface area contributed by atoms with Crippen molar-refractivity contribution < 1.29 is 9.59 Å². The van der Waals surface area contributed by atoms with Gasteiger partial charge in [0.25, 0.3) is 5.91 Å². The topological polar surface area (TPSA) is 71.1 Å². The van der Waals surface area contributed by atoms with Crippen LogP contribution in [0.3, 0.4) is 0 Å². The second kappa shape index (κ2) is 8.01. The summed E-state index contributed by atoms with van der Waals surface area (Å²) in [6.07, 6.45) is 0.676. The quantitative estimate of drug-likeness (QED) is 0.618. The third kappa shape index (κ3) is 4.04. The average molecular weight is 440 g/mol. The number of carbonyl (C=O) groups excluding carboxylic acids is 2. The Morgan fingerprint density at radius 1 is 1.14 bits per heavy atom. The minimum atomic E-state index is -0.319. The summed E-state index contributed by atoms with van der Waals surface area (Å²) in [6, 6.07) is 4.06. The van der Waals surface area contributed by atoms with Gasteiger partial charge in [-0.15, -0.1) is 23.2 Å². The third-order valence-electron chi connectivity index (χ3n) is 5.19. The van der Waals surface area contributed by atoms with Crippen molar-refractivity contribution >= 4 is 57.2 Å². The highest BCUT2D eigenvalue weighted by Crippen LogP contribution is 2.54. The van der Waals surface area contributed by atoms with Crippen LogP contribution in [0.2, 0.25) is 0 Å². The number of nitrogens with one attached hydrogen (secondary N) is 2. The van der Waals surface area contributed by atoms with Gasteiger partial charge >= 0.3 is 0 Å². The zero-order valence-electron chi connectivity index (χ0n) is 16.3. The van der Waals surface area contributed by atoms with Crippen LogP contribution in [-0.4, -0.2) is 28.6 Å².